The molecule has 0 aromatic carbocycles. The molecule has 1 amide bonds. The molecule has 69 heavy (non-hydrogen) atoms. The summed E-state index contributed by atoms with van der Waals surface area (Å²) in [4.78, 5) is 24.5. The van der Waals surface area contributed by atoms with Crippen LogP contribution in [0.25, 0.3) is 0 Å². The summed E-state index contributed by atoms with van der Waals surface area (Å²) in [6.07, 6.45) is 73.1. The van der Waals surface area contributed by atoms with Gasteiger partial charge in [0.2, 0.25) is 5.91 Å². The number of amides is 1. The van der Waals surface area contributed by atoms with Crippen LogP contribution >= 0.6 is 0 Å². The van der Waals surface area contributed by atoms with Crippen LogP contribution in [0.15, 0.2) is 36.5 Å². The molecule has 2 unspecified atom stereocenters. The lowest BCUT2D eigenvalue weighted by molar-refractivity contribution is -0.143. The number of carbonyl (C=O) groups excluding carboxylic acids is 2. The van der Waals surface area contributed by atoms with Crippen molar-refractivity contribution in [2.24, 2.45) is 0 Å². The summed E-state index contributed by atoms with van der Waals surface area (Å²) in [5.41, 5.74) is 0. The first-order chi connectivity index (χ1) is 34.0. The third-order valence-corrected chi connectivity index (χ3v) is 14.2. The highest BCUT2D eigenvalue weighted by atomic mass is 16.5. The van der Waals surface area contributed by atoms with Crippen LogP contribution < -0.4 is 5.32 Å². The van der Waals surface area contributed by atoms with E-state index in [1.54, 1.807) is 0 Å². The van der Waals surface area contributed by atoms with Crippen LogP contribution in [-0.4, -0.2) is 47.4 Å². The number of aliphatic hydroxyl groups is 2. The van der Waals surface area contributed by atoms with E-state index in [4.69, 9.17) is 4.74 Å². The van der Waals surface area contributed by atoms with Crippen LogP contribution in [0.5, 0.6) is 0 Å². The molecule has 0 heterocycles. The van der Waals surface area contributed by atoms with Gasteiger partial charge in [-0.15, -0.1) is 0 Å². The van der Waals surface area contributed by atoms with Crippen molar-refractivity contribution in [2.75, 3.05) is 13.2 Å². The van der Waals surface area contributed by atoms with Crippen molar-refractivity contribution in [2.45, 2.75) is 341 Å². The van der Waals surface area contributed by atoms with Gasteiger partial charge < -0.3 is 20.3 Å². The fourth-order valence-electron chi connectivity index (χ4n) is 9.43. The zero-order chi connectivity index (χ0) is 50.0. The van der Waals surface area contributed by atoms with E-state index in [0.717, 1.165) is 51.4 Å². The van der Waals surface area contributed by atoms with Crippen molar-refractivity contribution < 1.29 is 24.5 Å². The van der Waals surface area contributed by atoms with Gasteiger partial charge in [-0.05, 0) is 83.5 Å². The predicted octanol–water partition coefficient (Wildman–Crippen LogP) is 19.2. The van der Waals surface area contributed by atoms with Gasteiger partial charge in [0.25, 0.3) is 0 Å². The molecule has 0 aliphatic rings. The summed E-state index contributed by atoms with van der Waals surface area (Å²) in [5.74, 6) is -0.0326. The molecule has 0 radical (unpaired) electrons. The number of hydrogen-bond acceptors (Lipinski definition) is 5. The minimum Gasteiger partial charge on any atom is -0.466 e. The molecule has 0 aromatic rings. The highest BCUT2D eigenvalue weighted by Crippen LogP contribution is 2.17. The molecule has 6 heteroatoms. The molecule has 406 valence electrons. The summed E-state index contributed by atoms with van der Waals surface area (Å²) < 4.78 is 5.49. The van der Waals surface area contributed by atoms with E-state index in [1.165, 1.54) is 244 Å². The Hall–Kier alpha value is -1.92. The Morgan fingerprint density at radius 3 is 1.14 bits per heavy atom. The zero-order valence-electron chi connectivity index (χ0n) is 46.3. The summed E-state index contributed by atoms with van der Waals surface area (Å²) >= 11 is 0. The van der Waals surface area contributed by atoms with Gasteiger partial charge in [0, 0.05) is 12.8 Å². The van der Waals surface area contributed by atoms with E-state index < -0.39 is 12.1 Å². The first-order valence-corrected chi connectivity index (χ1v) is 30.7. The average Bonchev–Trinajstić information content (AvgIpc) is 3.35. The Balaban J connectivity index is 3.36. The molecule has 0 rings (SSSR count). The van der Waals surface area contributed by atoms with Crippen LogP contribution in [-0.2, 0) is 14.3 Å². The van der Waals surface area contributed by atoms with Crippen molar-refractivity contribution in [3.63, 3.8) is 0 Å². The number of allylic oxidation sites excluding steroid dienone is 6. The van der Waals surface area contributed by atoms with Crippen molar-refractivity contribution in [1.82, 2.24) is 5.32 Å². The van der Waals surface area contributed by atoms with Gasteiger partial charge >= 0.3 is 5.97 Å². The second-order valence-corrected chi connectivity index (χ2v) is 21.0. The standard InChI is InChI=1S/C63H119NO5/c1-3-5-7-9-11-13-14-15-16-27-31-34-37-41-45-49-53-57-63(68)69-58-54-50-46-42-38-35-32-29-26-24-22-20-18-17-19-21-23-25-28-30-33-36-40-44-48-52-56-62(67)64-60(59-65)61(66)55-51-47-43-39-12-10-8-6-4-2/h11,13,15-17,19,60-61,65-66H,3-10,12,14,18,20-59H2,1-2H3,(H,64,67)/b13-11-,16-15-,19-17-. The molecule has 0 saturated heterocycles. The van der Waals surface area contributed by atoms with E-state index in [1.807, 2.05) is 0 Å². The van der Waals surface area contributed by atoms with Crippen molar-refractivity contribution in [3.05, 3.63) is 36.5 Å². The third-order valence-electron chi connectivity index (χ3n) is 14.2. The van der Waals surface area contributed by atoms with E-state index >= 15 is 0 Å². The van der Waals surface area contributed by atoms with Crippen LogP contribution in [0.2, 0.25) is 0 Å². The molecular formula is C63H119NO5. The van der Waals surface area contributed by atoms with Gasteiger partial charge in [-0.25, -0.2) is 0 Å². The zero-order valence-corrected chi connectivity index (χ0v) is 46.3. The largest absolute Gasteiger partial charge is 0.466 e. The molecule has 0 aliphatic heterocycles. The fourth-order valence-corrected chi connectivity index (χ4v) is 9.43. The Labute approximate surface area is 430 Å². The second kappa shape index (κ2) is 58.6. The first-order valence-electron chi connectivity index (χ1n) is 30.7. The average molecular weight is 971 g/mol. The Kier molecular flexibility index (Phi) is 57.0. The topological polar surface area (TPSA) is 95.9 Å². The molecule has 3 N–H and O–H groups in total. The van der Waals surface area contributed by atoms with E-state index in [9.17, 15) is 19.8 Å². The predicted molar refractivity (Wildman–Crippen MR) is 301 cm³/mol. The lowest BCUT2D eigenvalue weighted by Gasteiger charge is -2.22. The van der Waals surface area contributed by atoms with Crippen molar-refractivity contribution in [1.29, 1.82) is 0 Å². The summed E-state index contributed by atoms with van der Waals surface area (Å²) in [6.45, 7) is 4.91. The number of hydrogen-bond donors (Lipinski definition) is 3. The maximum absolute atomic E-state index is 12.4. The van der Waals surface area contributed by atoms with Gasteiger partial charge in [0.1, 0.15) is 0 Å². The van der Waals surface area contributed by atoms with Crippen molar-refractivity contribution >= 4 is 11.9 Å². The normalized spacial score (nSPS) is 12.8. The first kappa shape index (κ1) is 67.1. The second-order valence-electron chi connectivity index (χ2n) is 21.0. The molecule has 0 bridgehead atoms. The quantitative estimate of drug-likeness (QED) is 0.0321. The highest BCUT2D eigenvalue weighted by molar-refractivity contribution is 5.76. The summed E-state index contributed by atoms with van der Waals surface area (Å²) in [5, 5.41) is 23.1. The van der Waals surface area contributed by atoms with Gasteiger partial charge in [-0.2, -0.15) is 0 Å². The van der Waals surface area contributed by atoms with E-state index in [2.05, 4.69) is 55.6 Å². The number of nitrogens with one attached hydrogen (secondary N) is 1. The van der Waals surface area contributed by atoms with Gasteiger partial charge in [-0.1, -0.05) is 269 Å². The number of esters is 1. The lowest BCUT2D eigenvalue weighted by atomic mass is 10.0. The molecule has 0 aliphatic carbocycles. The molecule has 0 aromatic heterocycles. The van der Waals surface area contributed by atoms with E-state index in [-0.39, 0.29) is 18.5 Å². The van der Waals surface area contributed by atoms with Crippen molar-refractivity contribution in [3.8, 4) is 0 Å². The Morgan fingerprint density at radius 1 is 0.406 bits per heavy atom. The maximum atomic E-state index is 12.4. The Bertz CT molecular complexity index is 1120. The van der Waals surface area contributed by atoms with Crippen LogP contribution in [0.1, 0.15) is 328 Å². The molecular weight excluding hydrogens is 851 g/mol. The molecule has 2 atom stereocenters. The number of unbranched alkanes of at least 4 members (excludes halogenated alkanes) is 40. The third kappa shape index (κ3) is 55.2. The summed E-state index contributed by atoms with van der Waals surface area (Å²) in [6, 6.07) is -0.541. The Morgan fingerprint density at radius 2 is 0.725 bits per heavy atom. The minimum absolute atomic E-state index is 0.00638. The SMILES string of the molecule is CCCCC/C=C\C/C=C\CCCCCCCCCC(=O)OCCCCCCCCCCCCCC/C=C\CCCCCCCCCCCCC(=O)NC(CO)C(O)CCCCCCCCCCC. The van der Waals surface area contributed by atoms with Crippen LogP contribution in [0, 0.1) is 0 Å². The highest BCUT2D eigenvalue weighted by Gasteiger charge is 2.20. The lowest BCUT2D eigenvalue weighted by Crippen LogP contribution is -2.45. The fraction of sp³-hybridized carbons (Fsp3) is 0.873. The minimum atomic E-state index is -0.663. The molecule has 0 spiro atoms. The number of ether oxygens (including phenoxy) is 1. The van der Waals surface area contributed by atoms with Gasteiger partial charge in [-0.3, -0.25) is 9.59 Å². The number of rotatable bonds is 57. The molecule has 0 saturated carbocycles. The van der Waals surface area contributed by atoms with E-state index in [0.29, 0.717) is 25.9 Å². The number of carbonyl (C=O) groups is 2. The molecule has 6 nitrogen and oxygen atoms in total. The van der Waals surface area contributed by atoms with Crippen LogP contribution in [0.4, 0.5) is 0 Å². The van der Waals surface area contributed by atoms with Gasteiger partial charge in [0.15, 0.2) is 0 Å². The summed E-state index contributed by atoms with van der Waals surface area (Å²) in [7, 11) is 0. The number of aliphatic hydroxyl groups excluding tert-OH is 2. The monoisotopic (exact) mass is 970 g/mol. The van der Waals surface area contributed by atoms with Crippen LogP contribution in [0.3, 0.4) is 0 Å². The molecule has 0 fully saturated rings. The maximum Gasteiger partial charge on any atom is 0.305 e. The smallest absolute Gasteiger partial charge is 0.305 e. The van der Waals surface area contributed by atoms with Gasteiger partial charge in [0.05, 0.1) is 25.4 Å².